The first-order valence-electron chi connectivity index (χ1n) is 9.77. The number of rotatable bonds is 13. The minimum Gasteiger partial charge on any atom is -0.495 e. The maximum absolute atomic E-state index is 6.14. The van der Waals surface area contributed by atoms with Crippen LogP contribution in [0.5, 0.6) is 11.5 Å². The fourth-order valence-electron chi connectivity index (χ4n) is 2.78. The number of anilines is 2. The molecule has 0 aliphatic rings. The van der Waals surface area contributed by atoms with E-state index in [4.69, 9.17) is 21.1 Å². The van der Waals surface area contributed by atoms with Crippen molar-refractivity contribution in [1.29, 1.82) is 0 Å². The lowest BCUT2D eigenvalue weighted by atomic mass is 10.2. The first-order valence-corrected chi connectivity index (χ1v) is 10.1. The molecule has 0 saturated heterocycles. The lowest BCUT2D eigenvalue weighted by molar-refractivity contribution is 0.304. The highest BCUT2D eigenvalue weighted by Gasteiger charge is 2.01. The summed E-state index contributed by atoms with van der Waals surface area (Å²) in [5.41, 5.74) is 2.04. The topological polar surface area (TPSA) is 42.5 Å². The third-order valence-corrected chi connectivity index (χ3v) is 4.58. The normalized spacial score (nSPS) is 10.5. The zero-order valence-electron chi connectivity index (χ0n) is 16.4. The van der Waals surface area contributed by atoms with Crippen molar-refractivity contribution in [2.75, 3.05) is 37.4 Å². The van der Waals surface area contributed by atoms with Crippen molar-refractivity contribution in [2.24, 2.45) is 0 Å². The first-order chi connectivity index (χ1) is 13.2. The van der Waals surface area contributed by atoms with Crippen molar-refractivity contribution in [1.82, 2.24) is 0 Å². The van der Waals surface area contributed by atoms with Gasteiger partial charge in [-0.3, -0.25) is 0 Å². The van der Waals surface area contributed by atoms with E-state index >= 15 is 0 Å². The third kappa shape index (κ3) is 8.00. The van der Waals surface area contributed by atoms with Gasteiger partial charge in [-0.25, -0.2) is 0 Å². The van der Waals surface area contributed by atoms with Gasteiger partial charge < -0.3 is 20.1 Å². The molecule has 2 aromatic carbocycles. The Kier molecular flexibility index (Phi) is 9.70. The van der Waals surface area contributed by atoms with E-state index in [0.717, 1.165) is 43.2 Å². The number of halogens is 1. The van der Waals surface area contributed by atoms with Gasteiger partial charge in [0.25, 0.3) is 0 Å². The largest absolute Gasteiger partial charge is 0.495 e. The van der Waals surface area contributed by atoms with Gasteiger partial charge in [-0.1, -0.05) is 50.3 Å². The summed E-state index contributed by atoms with van der Waals surface area (Å²) in [4.78, 5) is 0. The molecular weight excluding hydrogens is 360 g/mol. The fraction of sp³-hybridized carbons (Fsp3) is 0.455. The summed E-state index contributed by atoms with van der Waals surface area (Å²) in [6, 6.07) is 13.8. The molecule has 2 aromatic rings. The molecule has 0 aromatic heterocycles. The van der Waals surface area contributed by atoms with Gasteiger partial charge in [0.1, 0.15) is 11.5 Å². The Bertz CT molecular complexity index is 679. The molecule has 0 bridgehead atoms. The SMILES string of the molecule is CCCCCCCOc1cccc(NCCNc2ccc(OC)c(Cl)c2)c1. The van der Waals surface area contributed by atoms with E-state index in [1.807, 2.05) is 30.3 Å². The average molecular weight is 391 g/mol. The summed E-state index contributed by atoms with van der Waals surface area (Å²) in [6.45, 7) is 4.60. The van der Waals surface area contributed by atoms with Gasteiger partial charge in [0.05, 0.1) is 18.7 Å². The van der Waals surface area contributed by atoms with Crippen LogP contribution in [0.4, 0.5) is 11.4 Å². The van der Waals surface area contributed by atoms with E-state index in [1.54, 1.807) is 7.11 Å². The molecule has 0 heterocycles. The maximum Gasteiger partial charge on any atom is 0.137 e. The van der Waals surface area contributed by atoms with Gasteiger partial charge in [-0.05, 0) is 36.8 Å². The summed E-state index contributed by atoms with van der Waals surface area (Å²) in [5.74, 6) is 1.60. The Morgan fingerprint density at radius 3 is 2.33 bits per heavy atom. The number of hydrogen-bond acceptors (Lipinski definition) is 4. The highest BCUT2D eigenvalue weighted by Crippen LogP contribution is 2.27. The lowest BCUT2D eigenvalue weighted by Crippen LogP contribution is -2.13. The summed E-state index contributed by atoms with van der Waals surface area (Å²) in [7, 11) is 1.61. The number of nitrogens with one attached hydrogen (secondary N) is 2. The molecule has 0 atom stereocenters. The molecule has 0 amide bonds. The standard InChI is InChI=1S/C22H31ClN2O2/c1-3-4-5-6-7-15-27-20-10-8-9-18(16-20)24-13-14-25-19-11-12-22(26-2)21(23)17-19/h8-12,16-17,24-25H,3-7,13-15H2,1-2H3. The molecular formula is C22H31ClN2O2. The molecule has 0 fully saturated rings. The monoisotopic (exact) mass is 390 g/mol. The average Bonchev–Trinajstić information content (AvgIpc) is 2.68. The van der Waals surface area contributed by atoms with Gasteiger partial charge >= 0.3 is 0 Å². The predicted molar refractivity (Wildman–Crippen MR) is 116 cm³/mol. The van der Waals surface area contributed by atoms with Gasteiger partial charge in [0.15, 0.2) is 0 Å². The molecule has 2 N–H and O–H groups in total. The molecule has 27 heavy (non-hydrogen) atoms. The second-order valence-corrected chi connectivity index (χ2v) is 6.90. The smallest absolute Gasteiger partial charge is 0.137 e. The molecule has 4 nitrogen and oxygen atoms in total. The van der Waals surface area contributed by atoms with Gasteiger partial charge in [0.2, 0.25) is 0 Å². The van der Waals surface area contributed by atoms with Crippen LogP contribution in [-0.2, 0) is 0 Å². The van der Waals surface area contributed by atoms with Crippen molar-refractivity contribution in [3.63, 3.8) is 0 Å². The van der Waals surface area contributed by atoms with Crippen molar-refractivity contribution < 1.29 is 9.47 Å². The molecule has 0 aliphatic carbocycles. The zero-order chi connectivity index (χ0) is 19.3. The quantitative estimate of drug-likeness (QED) is 0.398. The van der Waals surface area contributed by atoms with E-state index in [0.29, 0.717) is 10.8 Å². The van der Waals surface area contributed by atoms with E-state index in [9.17, 15) is 0 Å². The highest BCUT2D eigenvalue weighted by molar-refractivity contribution is 6.32. The zero-order valence-corrected chi connectivity index (χ0v) is 17.1. The van der Waals surface area contributed by atoms with Crippen molar-refractivity contribution in [3.8, 4) is 11.5 Å². The Hall–Kier alpha value is -2.07. The number of hydrogen-bond donors (Lipinski definition) is 2. The van der Waals surface area contributed by atoms with Gasteiger partial charge in [0, 0.05) is 30.5 Å². The number of ether oxygens (including phenoxy) is 2. The Morgan fingerprint density at radius 1 is 0.889 bits per heavy atom. The highest BCUT2D eigenvalue weighted by atomic mass is 35.5. The number of unbranched alkanes of at least 4 members (excludes halogenated alkanes) is 4. The Labute approximate surface area is 168 Å². The molecule has 0 spiro atoms. The molecule has 0 unspecified atom stereocenters. The molecule has 5 heteroatoms. The minimum atomic E-state index is 0.606. The molecule has 0 aliphatic heterocycles. The first kappa shape index (κ1) is 21.2. The van der Waals surface area contributed by atoms with Crippen LogP contribution < -0.4 is 20.1 Å². The van der Waals surface area contributed by atoms with Crippen LogP contribution in [0, 0.1) is 0 Å². The van der Waals surface area contributed by atoms with Crippen LogP contribution >= 0.6 is 11.6 Å². The third-order valence-electron chi connectivity index (χ3n) is 4.29. The van der Waals surface area contributed by atoms with Gasteiger partial charge in [-0.15, -0.1) is 0 Å². The van der Waals surface area contributed by atoms with E-state index < -0.39 is 0 Å². The van der Waals surface area contributed by atoms with Crippen LogP contribution in [0.1, 0.15) is 39.0 Å². The van der Waals surface area contributed by atoms with Crippen LogP contribution in [0.2, 0.25) is 5.02 Å². The number of benzene rings is 2. The van der Waals surface area contributed by atoms with Crippen LogP contribution in [0.15, 0.2) is 42.5 Å². The summed E-state index contributed by atoms with van der Waals surface area (Å²) in [5, 5.41) is 7.36. The fourth-order valence-corrected chi connectivity index (χ4v) is 3.04. The summed E-state index contributed by atoms with van der Waals surface area (Å²) in [6.07, 6.45) is 6.25. The van der Waals surface area contributed by atoms with E-state index in [2.05, 4.69) is 29.7 Å². The van der Waals surface area contributed by atoms with Crippen molar-refractivity contribution >= 4 is 23.0 Å². The van der Waals surface area contributed by atoms with Gasteiger partial charge in [-0.2, -0.15) is 0 Å². The molecule has 148 valence electrons. The second kappa shape index (κ2) is 12.3. The lowest BCUT2D eigenvalue weighted by Gasteiger charge is -2.12. The molecule has 0 radical (unpaired) electrons. The summed E-state index contributed by atoms with van der Waals surface area (Å²) >= 11 is 6.14. The van der Waals surface area contributed by atoms with Crippen LogP contribution in [-0.4, -0.2) is 26.8 Å². The molecule has 2 rings (SSSR count). The van der Waals surface area contributed by atoms with Crippen molar-refractivity contribution in [2.45, 2.75) is 39.0 Å². The van der Waals surface area contributed by atoms with Crippen LogP contribution in [0.25, 0.3) is 0 Å². The molecule has 0 saturated carbocycles. The van der Waals surface area contributed by atoms with E-state index in [-0.39, 0.29) is 0 Å². The van der Waals surface area contributed by atoms with E-state index in [1.165, 1.54) is 25.7 Å². The minimum absolute atomic E-state index is 0.606. The maximum atomic E-state index is 6.14. The Morgan fingerprint density at radius 2 is 1.63 bits per heavy atom. The Balaban J connectivity index is 1.67. The summed E-state index contributed by atoms with van der Waals surface area (Å²) < 4.78 is 11.0. The van der Waals surface area contributed by atoms with Crippen molar-refractivity contribution in [3.05, 3.63) is 47.5 Å². The number of methoxy groups -OCH3 is 1. The predicted octanol–water partition coefficient (Wildman–Crippen LogP) is 6.22. The van der Waals surface area contributed by atoms with Crippen LogP contribution in [0.3, 0.4) is 0 Å². The second-order valence-electron chi connectivity index (χ2n) is 6.49.